The van der Waals surface area contributed by atoms with E-state index in [1.165, 1.54) is 30.8 Å². The predicted molar refractivity (Wildman–Crippen MR) is 109 cm³/mol. The van der Waals surface area contributed by atoms with Crippen LogP contribution in [-0.2, 0) is 4.74 Å². The molecule has 23 heavy (non-hydrogen) atoms. The minimum Gasteiger partial charge on any atom is -0.373 e. The third kappa shape index (κ3) is 4.46. The van der Waals surface area contributed by atoms with Gasteiger partial charge in [-0.15, -0.1) is 24.0 Å². The number of hydrogen-bond donors (Lipinski definition) is 2. The highest BCUT2D eigenvalue weighted by Gasteiger charge is 2.41. The fourth-order valence-electron chi connectivity index (χ4n) is 3.73. The lowest BCUT2D eigenvalue weighted by atomic mass is 9.95. The molecule has 0 aromatic heterocycles. The molecule has 134 valence electrons. The second-order valence-corrected chi connectivity index (χ2v) is 8.08. The highest BCUT2D eigenvalue weighted by molar-refractivity contribution is 14.0. The van der Waals surface area contributed by atoms with Crippen LogP contribution in [0, 0.1) is 0 Å². The van der Waals surface area contributed by atoms with Gasteiger partial charge in [-0.1, -0.05) is 0 Å². The molecule has 0 aliphatic carbocycles. The van der Waals surface area contributed by atoms with Crippen LogP contribution in [0.25, 0.3) is 0 Å². The van der Waals surface area contributed by atoms with Gasteiger partial charge in [-0.05, 0) is 52.5 Å². The Morgan fingerprint density at radius 2 is 2.22 bits per heavy atom. The molecule has 3 saturated heterocycles. The van der Waals surface area contributed by atoms with Crippen LogP contribution >= 0.6 is 35.7 Å². The SMILES string of the molecule is CCNC(=NCC1(N(C)C)CCSC1)NC1CC2CCC1O2.I. The number of halogens is 1. The number of likely N-dealkylation sites (N-methyl/N-ethyl adjacent to an activating group) is 1. The van der Waals surface area contributed by atoms with E-state index in [1.807, 2.05) is 11.8 Å². The molecule has 0 radical (unpaired) electrons. The maximum Gasteiger partial charge on any atom is 0.191 e. The van der Waals surface area contributed by atoms with Crippen molar-refractivity contribution < 1.29 is 4.74 Å². The van der Waals surface area contributed by atoms with E-state index in [0.29, 0.717) is 18.2 Å². The van der Waals surface area contributed by atoms with Gasteiger partial charge in [0.25, 0.3) is 0 Å². The minimum absolute atomic E-state index is 0. The first-order valence-electron chi connectivity index (χ1n) is 8.58. The molecule has 3 aliphatic rings. The Labute approximate surface area is 161 Å². The van der Waals surface area contributed by atoms with Crippen LogP contribution in [0.5, 0.6) is 0 Å². The van der Waals surface area contributed by atoms with Gasteiger partial charge < -0.3 is 20.3 Å². The summed E-state index contributed by atoms with van der Waals surface area (Å²) in [5, 5.41) is 7.02. The molecule has 4 atom stereocenters. The van der Waals surface area contributed by atoms with Gasteiger partial charge in [0.05, 0.1) is 24.8 Å². The van der Waals surface area contributed by atoms with Crippen LogP contribution < -0.4 is 10.6 Å². The fourth-order valence-corrected chi connectivity index (χ4v) is 5.27. The average Bonchev–Trinajstić information content (AvgIpc) is 3.22. The minimum atomic E-state index is 0. The predicted octanol–water partition coefficient (Wildman–Crippen LogP) is 1.92. The van der Waals surface area contributed by atoms with Crippen LogP contribution in [0.3, 0.4) is 0 Å². The van der Waals surface area contributed by atoms with E-state index < -0.39 is 0 Å². The zero-order chi connectivity index (χ0) is 15.6. The van der Waals surface area contributed by atoms with Crippen molar-refractivity contribution in [2.24, 2.45) is 4.99 Å². The lowest BCUT2D eigenvalue weighted by molar-refractivity contribution is 0.0992. The van der Waals surface area contributed by atoms with E-state index in [0.717, 1.165) is 25.5 Å². The summed E-state index contributed by atoms with van der Waals surface area (Å²) < 4.78 is 5.94. The number of nitrogens with one attached hydrogen (secondary N) is 2. The van der Waals surface area contributed by atoms with Crippen LogP contribution in [0.15, 0.2) is 4.99 Å². The Hall–Kier alpha value is 0.270. The quantitative estimate of drug-likeness (QED) is 0.378. The topological polar surface area (TPSA) is 48.9 Å². The van der Waals surface area contributed by atoms with Crippen molar-refractivity contribution in [2.45, 2.75) is 56.4 Å². The Morgan fingerprint density at radius 3 is 2.74 bits per heavy atom. The number of aliphatic imine (C=N–C) groups is 1. The average molecular weight is 454 g/mol. The molecule has 2 bridgehead atoms. The van der Waals surface area contributed by atoms with Crippen LogP contribution in [-0.4, -0.2) is 73.3 Å². The van der Waals surface area contributed by atoms with Gasteiger partial charge in [-0.3, -0.25) is 4.99 Å². The van der Waals surface area contributed by atoms with Crippen molar-refractivity contribution in [1.29, 1.82) is 0 Å². The molecule has 3 aliphatic heterocycles. The Bertz CT molecular complexity index is 415. The van der Waals surface area contributed by atoms with Gasteiger partial charge in [0.15, 0.2) is 5.96 Å². The van der Waals surface area contributed by atoms with Crippen molar-refractivity contribution in [1.82, 2.24) is 15.5 Å². The van der Waals surface area contributed by atoms with Crippen LogP contribution in [0.2, 0.25) is 0 Å². The zero-order valence-electron chi connectivity index (χ0n) is 14.5. The Morgan fingerprint density at radius 1 is 1.39 bits per heavy atom. The molecule has 2 N–H and O–H groups in total. The summed E-state index contributed by atoms with van der Waals surface area (Å²) in [7, 11) is 4.37. The van der Waals surface area contributed by atoms with E-state index in [9.17, 15) is 0 Å². The zero-order valence-corrected chi connectivity index (χ0v) is 17.7. The highest BCUT2D eigenvalue weighted by Crippen LogP contribution is 2.34. The number of nitrogens with zero attached hydrogens (tertiary/aromatic N) is 2. The molecule has 3 fully saturated rings. The van der Waals surface area contributed by atoms with E-state index in [4.69, 9.17) is 9.73 Å². The fraction of sp³-hybridized carbons (Fsp3) is 0.938. The number of fused-ring (bicyclic) bond motifs is 2. The van der Waals surface area contributed by atoms with Crippen molar-refractivity contribution >= 4 is 41.7 Å². The summed E-state index contributed by atoms with van der Waals surface area (Å²) in [6.45, 7) is 3.89. The van der Waals surface area contributed by atoms with Crippen molar-refractivity contribution in [3.63, 3.8) is 0 Å². The number of thioether (sulfide) groups is 1. The standard InChI is InChI=1S/C16H30N4OS.HI/c1-4-17-15(19-13-9-12-5-6-14(13)21-12)18-10-16(20(2)3)7-8-22-11-16;/h12-14H,4-11H2,1-3H3,(H2,17,18,19);1H. The molecule has 0 aromatic rings. The summed E-state index contributed by atoms with van der Waals surface area (Å²) >= 11 is 2.05. The highest BCUT2D eigenvalue weighted by atomic mass is 127. The van der Waals surface area contributed by atoms with Gasteiger partial charge in [0.2, 0.25) is 0 Å². The first-order chi connectivity index (χ1) is 10.6. The number of ether oxygens (including phenoxy) is 1. The van der Waals surface area contributed by atoms with E-state index in [-0.39, 0.29) is 29.5 Å². The second-order valence-electron chi connectivity index (χ2n) is 6.98. The van der Waals surface area contributed by atoms with Crippen molar-refractivity contribution in [3.8, 4) is 0 Å². The molecule has 0 amide bonds. The Balaban J connectivity index is 0.00000192. The molecular formula is C16H31IN4OS. The monoisotopic (exact) mass is 454 g/mol. The number of hydrogen-bond acceptors (Lipinski definition) is 4. The molecule has 4 unspecified atom stereocenters. The van der Waals surface area contributed by atoms with Gasteiger partial charge in [0, 0.05) is 17.8 Å². The Kier molecular flexibility index (Phi) is 7.31. The number of guanidine groups is 1. The summed E-state index contributed by atoms with van der Waals surface area (Å²) in [6.07, 6.45) is 5.65. The van der Waals surface area contributed by atoms with Crippen molar-refractivity contribution in [2.75, 3.05) is 38.7 Å². The second kappa shape index (κ2) is 8.58. The van der Waals surface area contributed by atoms with Crippen molar-refractivity contribution in [3.05, 3.63) is 0 Å². The van der Waals surface area contributed by atoms with E-state index in [2.05, 4.69) is 36.6 Å². The first kappa shape index (κ1) is 19.6. The van der Waals surface area contributed by atoms with E-state index >= 15 is 0 Å². The maximum absolute atomic E-state index is 5.94. The first-order valence-corrected chi connectivity index (χ1v) is 9.74. The third-order valence-corrected chi connectivity index (χ3v) is 6.57. The summed E-state index contributed by atoms with van der Waals surface area (Å²) in [5.41, 5.74) is 0.220. The molecule has 3 heterocycles. The van der Waals surface area contributed by atoms with Crippen LogP contribution in [0.1, 0.15) is 32.6 Å². The number of rotatable bonds is 5. The summed E-state index contributed by atoms with van der Waals surface area (Å²) in [6, 6.07) is 0.435. The van der Waals surface area contributed by atoms with Gasteiger partial charge >= 0.3 is 0 Å². The van der Waals surface area contributed by atoms with Gasteiger partial charge in [0.1, 0.15) is 0 Å². The maximum atomic E-state index is 5.94. The third-order valence-electron chi connectivity index (χ3n) is 5.34. The van der Waals surface area contributed by atoms with Crippen LogP contribution in [0.4, 0.5) is 0 Å². The molecule has 3 rings (SSSR count). The molecule has 0 saturated carbocycles. The summed E-state index contributed by atoms with van der Waals surface area (Å²) in [5.74, 6) is 3.39. The molecule has 5 nitrogen and oxygen atoms in total. The summed E-state index contributed by atoms with van der Waals surface area (Å²) in [4.78, 5) is 7.28. The van der Waals surface area contributed by atoms with Gasteiger partial charge in [-0.25, -0.2) is 0 Å². The van der Waals surface area contributed by atoms with Gasteiger partial charge in [-0.2, -0.15) is 11.8 Å². The molecule has 0 spiro atoms. The largest absolute Gasteiger partial charge is 0.373 e. The lowest BCUT2D eigenvalue weighted by Crippen LogP contribution is -2.50. The van der Waals surface area contributed by atoms with E-state index in [1.54, 1.807) is 0 Å². The smallest absolute Gasteiger partial charge is 0.191 e. The lowest BCUT2D eigenvalue weighted by Gasteiger charge is -2.34. The molecule has 0 aromatic carbocycles. The molecular weight excluding hydrogens is 423 g/mol. The molecule has 7 heteroatoms. The normalized spacial score (nSPS) is 36.3.